The molecule has 0 spiro atoms. The fourth-order valence-corrected chi connectivity index (χ4v) is 3.19. The maximum atomic E-state index is 12.4. The Hall–Kier alpha value is -2.22. The number of nitrogens with zero attached hydrogens (tertiary/aromatic N) is 5. The van der Waals surface area contributed by atoms with Crippen molar-refractivity contribution in [3.63, 3.8) is 0 Å². The molecule has 0 fully saturated rings. The van der Waals surface area contributed by atoms with E-state index in [0.717, 1.165) is 28.3 Å². The largest absolute Gasteiger partial charge is 0.269 e. The van der Waals surface area contributed by atoms with Crippen molar-refractivity contribution in [1.82, 2.24) is 30.0 Å². The minimum Gasteiger partial charge on any atom is -0.269 e. The molecule has 8 heteroatoms. The highest BCUT2D eigenvalue weighted by atomic mass is 32.2. The molecule has 1 N–H and O–H groups in total. The lowest BCUT2D eigenvalue weighted by Crippen LogP contribution is -2.19. The summed E-state index contributed by atoms with van der Waals surface area (Å²) in [4.78, 5) is 16.9. The van der Waals surface area contributed by atoms with Crippen LogP contribution < -0.4 is 5.56 Å². The summed E-state index contributed by atoms with van der Waals surface area (Å²) in [5.74, 6) is 2.08. The average Bonchev–Trinajstić information content (AvgIpc) is 3.09. The summed E-state index contributed by atoms with van der Waals surface area (Å²) >= 11 is 1.72. The monoisotopic (exact) mass is 272 g/mol. The van der Waals surface area contributed by atoms with Crippen molar-refractivity contribution in [2.24, 2.45) is 0 Å². The first-order chi connectivity index (χ1) is 9.33. The number of aromatic amines is 1. The van der Waals surface area contributed by atoms with Gasteiger partial charge in [0.2, 0.25) is 0 Å². The van der Waals surface area contributed by atoms with Crippen LogP contribution in [-0.2, 0) is 11.5 Å². The predicted molar refractivity (Wildman–Crippen MR) is 69.6 cm³/mol. The molecule has 0 amide bonds. The standard InChI is InChI=1S/C11H8N6OS/c18-11-7-4-19-5-8(7)12-9-2-1-6(3-17(9)11)10-13-15-16-14-10/h1-3H,4-5H2,(H,13,14,15,16). The SMILES string of the molecule is O=c1c2c(nc3ccc(-c4nnn[nH]4)cn13)CSC2. The van der Waals surface area contributed by atoms with E-state index in [2.05, 4.69) is 25.6 Å². The molecular weight excluding hydrogens is 264 g/mol. The van der Waals surface area contributed by atoms with Gasteiger partial charge in [-0.1, -0.05) is 0 Å². The zero-order valence-electron chi connectivity index (χ0n) is 9.70. The van der Waals surface area contributed by atoms with Gasteiger partial charge in [0.05, 0.1) is 11.3 Å². The Labute approximate surface area is 111 Å². The number of fused-ring (bicyclic) bond motifs is 2. The molecule has 0 atom stereocenters. The first-order valence-electron chi connectivity index (χ1n) is 5.69. The molecule has 0 aromatic carbocycles. The number of thioether (sulfide) groups is 1. The van der Waals surface area contributed by atoms with Crippen LogP contribution in [0.4, 0.5) is 0 Å². The fourth-order valence-electron chi connectivity index (χ4n) is 2.16. The van der Waals surface area contributed by atoms with Gasteiger partial charge >= 0.3 is 0 Å². The molecule has 7 nitrogen and oxygen atoms in total. The Morgan fingerprint density at radius 3 is 3.11 bits per heavy atom. The van der Waals surface area contributed by atoms with Crippen molar-refractivity contribution >= 4 is 17.4 Å². The number of pyridine rings is 1. The first-order valence-corrected chi connectivity index (χ1v) is 6.84. The highest BCUT2D eigenvalue weighted by Gasteiger charge is 2.18. The normalized spacial score (nSPS) is 13.9. The Morgan fingerprint density at radius 2 is 2.26 bits per heavy atom. The molecule has 0 saturated carbocycles. The van der Waals surface area contributed by atoms with Crippen LogP contribution in [-0.4, -0.2) is 30.0 Å². The van der Waals surface area contributed by atoms with E-state index in [1.165, 1.54) is 0 Å². The smallest absolute Gasteiger partial charge is 0.262 e. The number of rotatable bonds is 1. The molecule has 0 unspecified atom stereocenters. The van der Waals surface area contributed by atoms with Crippen LogP contribution in [0.2, 0.25) is 0 Å². The summed E-state index contributed by atoms with van der Waals surface area (Å²) in [6.45, 7) is 0. The van der Waals surface area contributed by atoms with E-state index in [-0.39, 0.29) is 5.56 Å². The summed E-state index contributed by atoms with van der Waals surface area (Å²) < 4.78 is 1.56. The van der Waals surface area contributed by atoms with Crippen molar-refractivity contribution in [2.45, 2.75) is 11.5 Å². The minimum atomic E-state index is -0.000625. The van der Waals surface area contributed by atoms with E-state index in [9.17, 15) is 4.79 Å². The molecule has 0 bridgehead atoms. The number of aromatic nitrogens is 6. The van der Waals surface area contributed by atoms with Gasteiger partial charge in [0, 0.05) is 23.3 Å². The van der Waals surface area contributed by atoms with E-state index in [1.807, 2.05) is 12.1 Å². The zero-order valence-corrected chi connectivity index (χ0v) is 10.5. The molecule has 4 rings (SSSR count). The number of nitrogens with one attached hydrogen (secondary N) is 1. The fraction of sp³-hybridized carbons (Fsp3) is 0.182. The van der Waals surface area contributed by atoms with Crippen molar-refractivity contribution in [3.8, 4) is 11.4 Å². The molecule has 0 aliphatic carbocycles. The lowest BCUT2D eigenvalue weighted by molar-refractivity contribution is 0.881. The molecule has 3 aromatic heterocycles. The van der Waals surface area contributed by atoms with E-state index >= 15 is 0 Å². The topological polar surface area (TPSA) is 88.8 Å². The van der Waals surface area contributed by atoms with Gasteiger partial charge in [0.25, 0.3) is 5.56 Å². The summed E-state index contributed by atoms with van der Waals surface area (Å²) in [7, 11) is 0. The van der Waals surface area contributed by atoms with Gasteiger partial charge in [-0.05, 0) is 22.6 Å². The summed E-state index contributed by atoms with van der Waals surface area (Å²) in [5, 5.41) is 13.6. The maximum Gasteiger partial charge on any atom is 0.262 e. The van der Waals surface area contributed by atoms with Crippen LogP contribution in [0, 0.1) is 0 Å². The number of tetrazole rings is 1. The molecule has 0 saturated heterocycles. The van der Waals surface area contributed by atoms with Gasteiger partial charge < -0.3 is 0 Å². The van der Waals surface area contributed by atoms with Gasteiger partial charge in [0.15, 0.2) is 5.82 Å². The zero-order chi connectivity index (χ0) is 12.8. The van der Waals surface area contributed by atoms with Crippen molar-refractivity contribution in [1.29, 1.82) is 0 Å². The molecule has 3 aromatic rings. The van der Waals surface area contributed by atoms with Crippen LogP contribution in [0.5, 0.6) is 0 Å². The highest BCUT2D eigenvalue weighted by Crippen LogP contribution is 2.26. The number of H-pyrrole nitrogens is 1. The van der Waals surface area contributed by atoms with Crippen molar-refractivity contribution in [2.75, 3.05) is 0 Å². The van der Waals surface area contributed by atoms with Crippen molar-refractivity contribution in [3.05, 3.63) is 39.9 Å². The minimum absolute atomic E-state index is 0.000625. The van der Waals surface area contributed by atoms with E-state index in [1.54, 1.807) is 22.4 Å². The van der Waals surface area contributed by atoms with Crippen LogP contribution >= 0.6 is 11.8 Å². The molecular formula is C11H8N6OS. The molecule has 0 radical (unpaired) electrons. The second-order valence-corrected chi connectivity index (χ2v) is 5.22. The van der Waals surface area contributed by atoms with Crippen molar-refractivity contribution < 1.29 is 0 Å². The van der Waals surface area contributed by atoms with Crippen LogP contribution in [0.1, 0.15) is 11.3 Å². The molecule has 19 heavy (non-hydrogen) atoms. The van der Waals surface area contributed by atoms with Gasteiger partial charge in [-0.25, -0.2) is 10.1 Å². The number of hydrogen-bond donors (Lipinski definition) is 1. The van der Waals surface area contributed by atoms with E-state index < -0.39 is 0 Å². The average molecular weight is 272 g/mol. The Bertz CT molecular complexity index is 825. The van der Waals surface area contributed by atoms with Crippen LogP contribution in [0.25, 0.3) is 17.0 Å². The third kappa shape index (κ3) is 1.56. The van der Waals surface area contributed by atoms with Gasteiger partial charge in [-0.2, -0.15) is 11.8 Å². The molecule has 94 valence electrons. The molecule has 4 heterocycles. The Morgan fingerprint density at radius 1 is 1.32 bits per heavy atom. The van der Waals surface area contributed by atoms with Gasteiger partial charge in [0.1, 0.15) is 5.65 Å². The summed E-state index contributed by atoms with van der Waals surface area (Å²) in [6, 6.07) is 3.65. The quantitative estimate of drug-likeness (QED) is 0.698. The lowest BCUT2D eigenvalue weighted by atomic mass is 10.2. The summed E-state index contributed by atoms with van der Waals surface area (Å²) in [6.07, 6.45) is 1.72. The highest BCUT2D eigenvalue weighted by molar-refractivity contribution is 7.98. The third-order valence-corrected chi connectivity index (χ3v) is 4.08. The third-order valence-electron chi connectivity index (χ3n) is 3.11. The number of hydrogen-bond acceptors (Lipinski definition) is 6. The molecule has 1 aliphatic heterocycles. The van der Waals surface area contributed by atoms with Crippen LogP contribution in [0.3, 0.4) is 0 Å². The van der Waals surface area contributed by atoms with E-state index in [4.69, 9.17) is 0 Å². The van der Waals surface area contributed by atoms with E-state index in [0.29, 0.717) is 11.5 Å². The van der Waals surface area contributed by atoms with Gasteiger partial charge in [-0.15, -0.1) is 5.10 Å². The van der Waals surface area contributed by atoms with Crippen LogP contribution in [0.15, 0.2) is 23.1 Å². The second kappa shape index (κ2) is 3.89. The van der Waals surface area contributed by atoms with Gasteiger partial charge in [-0.3, -0.25) is 9.20 Å². The lowest BCUT2D eigenvalue weighted by Gasteiger charge is -2.05. The Balaban J connectivity index is 2.02. The first kappa shape index (κ1) is 10.7. The summed E-state index contributed by atoms with van der Waals surface area (Å²) in [5.41, 5.74) is 3.12. The predicted octanol–water partition coefficient (Wildman–Crippen LogP) is 0.621. The maximum absolute atomic E-state index is 12.4. The Kier molecular flexibility index (Phi) is 2.18. The second-order valence-electron chi connectivity index (χ2n) is 4.23. The molecule has 1 aliphatic rings.